The lowest BCUT2D eigenvalue weighted by molar-refractivity contribution is 0.0697. The van der Waals surface area contributed by atoms with Gasteiger partial charge in [-0.25, -0.2) is 18.4 Å². The Morgan fingerprint density at radius 2 is 1.85 bits per heavy atom. The normalized spacial score (nSPS) is 10.5. The van der Waals surface area contributed by atoms with Crippen molar-refractivity contribution >= 4 is 17.7 Å². The second kappa shape index (κ2) is 6.31. The Morgan fingerprint density at radius 3 is 2.30 bits per heavy atom. The minimum absolute atomic E-state index is 0.112. The van der Waals surface area contributed by atoms with Gasteiger partial charge >= 0.3 is 12.0 Å². The number of amides is 2. The van der Waals surface area contributed by atoms with Crippen molar-refractivity contribution in [3.63, 3.8) is 0 Å². The predicted molar refractivity (Wildman–Crippen MR) is 69.9 cm³/mol. The van der Waals surface area contributed by atoms with Crippen LogP contribution in [0.5, 0.6) is 0 Å². The van der Waals surface area contributed by atoms with Crippen molar-refractivity contribution in [1.82, 2.24) is 4.90 Å². The number of hydrogen-bond donors (Lipinski definition) is 2. The number of anilines is 1. The number of nitrogens with zero attached hydrogens (tertiary/aromatic N) is 1. The first-order chi connectivity index (χ1) is 9.27. The molecule has 1 aromatic carbocycles. The Labute approximate surface area is 115 Å². The van der Waals surface area contributed by atoms with Gasteiger partial charge in [-0.3, -0.25) is 0 Å². The van der Waals surface area contributed by atoms with Gasteiger partial charge in [-0.15, -0.1) is 0 Å². The molecule has 0 bridgehead atoms. The molecule has 20 heavy (non-hydrogen) atoms. The number of hydrogen-bond acceptors (Lipinski definition) is 2. The first kappa shape index (κ1) is 15.9. The van der Waals surface area contributed by atoms with E-state index in [9.17, 15) is 18.4 Å². The molecule has 0 fully saturated rings. The lowest BCUT2D eigenvalue weighted by Crippen LogP contribution is -2.40. The molecular weight excluding hydrogens is 270 g/mol. The Bertz CT molecular complexity index is 533. The van der Waals surface area contributed by atoms with E-state index in [0.717, 1.165) is 0 Å². The molecular formula is C13H16F2N2O3. The van der Waals surface area contributed by atoms with Crippen LogP contribution in [0.4, 0.5) is 19.3 Å². The third kappa shape index (κ3) is 3.43. The monoisotopic (exact) mass is 286 g/mol. The minimum Gasteiger partial charge on any atom is -0.478 e. The van der Waals surface area contributed by atoms with Crippen LogP contribution in [0.15, 0.2) is 12.1 Å². The first-order valence-electron chi connectivity index (χ1n) is 6.07. The number of urea groups is 1. The molecule has 0 saturated carbocycles. The molecule has 0 spiro atoms. The van der Waals surface area contributed by atoms with Gasteiger partial charge in [0.15, 0.2) is 11.6 Å². The van der Waals surface area contributed by atoms with Crippen LogP contribution in [0.2, 0.25) is 0 Å². The van der Waals surface area contributed by atoms with Crippen LogP contribution in [0.25, 0.3) is 0 Å². The summed E-state index contributed by atoms with van der Waals surface area (Å²) in [6, 6.07) is 0.513. The van der Waals surface area contributed by atoms with E-state index >= 15 is 0 Å². The molecule has 0 aliphatic heterocycles. The smallest absolute Gasteiger partial charge is 0.337 e. The van der Waals surface area contributed by atoms with Crippen molar-refractivity contribution in [1.29, 1.82) is 0 Å². The van der Waals surface area contributed by atoms with E-state index in [0.29, 0.717) is 18.7 Å². The van der Waals surface area contributed by atoms with E-state index in [2.05, 4.69) is 5.32 Å². The maximum atomic E-state index is 13.2. The van der Waals surface area contributed by atoms with E-state index in [-0.39, 0.29) is 11.7 Å². The number of carbonyl (C=O) groups excluding carboxylic acids is 1. The van der Waals surface area contributed by atoms with Crippen molar-refractivity contribution in [2.24, 2.45) is 0 Å². The SMILES string of the molecule is CCN(C(=O)Nc1cc(F)c(F)cc1C(=O)O)C(C)C. The van der Waals surface area contributed by atoms with Gasteiger partial charge < -0.3 is 15.3 Å². The summed E-state index contributed by atoms with van der Waals surface area (Å²) in [6.07, 6.45) is 0. The molecule has 110 valence electrons. The number of halogens is 2. The number of nitrogens with one attached hydrogen (secondary N) is 1. The van der Waals surface area contributed by atoms with E-state index in [1.54, 1.807) is 20.8 Å². The van der Waals surface area contributed by atoms with Crippen molar-refractivity contribution in [3.8, 4) is 0 Å². The van der Waals surface area contributed by atoms with Gasteiger partial charge in [0.1, 0.15) is 0 Å². The van der Waals surface area contributed by atoms with Crippen LogP contribution in [0, 0.1) is 11.6 Å². The Balaban J connectivity index is 3.11. The summed E-state index contributed by atoms with van der Waals surface area (Å²) in [5.74, 6) is -3.96. The van der Waals surface area contributed by atoms with Crippen molar-refractivity contribution < 1.29 is 23.5 Å². The van der Waals surface area contributed by atoms with E-state index in [4.69, 9.17) is 5.11 Å². The van der Waals surface area contributed by atoms with Gasteiger partial charge in [0.25, 0.3) is 0 Å². The maximum Gasteiger partial charge on any atom is 0.337 e. The Hall–Kier alpha value is -2.18. The molecule has 0 heterocycles. The van der Waals surface area contributed by atoms with E-state index in [1.807, 2.05) is 0 Å². The van der Waals surface area contributed by atoms with Crippen molar-refractivity contribution in [2.75, 3.05) is 11.9 Å². The van der Waals surface area contributed by atoms with E-state index in [1.165, 1.54) is 4.90 Å². The molecule has 2 N–H and O–H groups in total. The second-order valence-electron chi connectivity index (χ2n) is 4.43. The molecule has 0 aliphatic carbocycles. The first-order valence-corrected chi connectivity index (χ1v) is 6.07. The van der Waals surface area contributed by atoms with Crippen LogP contribution in [0.3, 0.4) is 0 Å². The van der Waals surface area contributed by atoms with Crippen molar-refractivity contribution in [3.05, 3.63) is 29.3 Å². The zero-order chi connectivity index (χ0) is 15.4. The average Bonchev–Trinajstić information content (AvgIpc) is 2.33. The Morgan fingerprint density at radius 1 is 1.30 bits per heavy atom. The third-order valence-corrected chi connectivity index (χ3v) is 2.76. The van der Waals surface area contributed by atoms with Crippen LogP contribution in [0.1, 0.15) is 31.1 Å². The molecule has 0 radical (unpaired) electrons. The van der Waals surface area contributed by atoms with E-state index < -0.39 is 29.2 Å². The lowest BCUT2D eigenvalue weighted by atomic mass is 10.1. The molecule has 5 nitrogen and oxygen atoms in total. The fraction of sp³-hybridized carbons (Fsp3) is 0.385. The highest BCUT2D eigenvalue weighted by Gasteiger charge is 2.20. The summed E-state index contributed by atoms with van der Waals surface area (Å²) in [4.78, 5) is 24.4. The van der Waals surface area contributed by atoms with Gasteiger partial charge in [0.2, 0.25) is 0 Å². The number of benzene rings is 1. The topological polar surface area (TPSA) is 69.6 Å². The molecule has 1 rings (SSSR count). The standard InChI is InChI=1S/C13H16F2N2O3/c1-4-17(7(2)3)13(20)16-11-6-10(15)9(14)5-8(11)12(18)19/h5-7H,4H2,1-3H3,(H,16,20)(H,18,19). The molecule has 0 aliphatic rings. The third-order valence-electron chi connectivity index (χ3n) is 2.76. The molecule has 1 aromatic rings. The second-order valence-corrected chi connectivity index (χ2v) is 4.43. The molecule has 7 heteroatoms. The summed E-state index contributed by atoms with van der Waals surface area (Å²) in [5.41, 5.74) is -0.780. The summed E-state index contributed by atoms with van der Waals surface area (Å²) >= 11 is 0. The van der Waals surface area contributed by atoms with Gasteiger partial charge in [-0.1, -0.05) is 0 Å². The van der Waals surface area contributed by atoms with Gasteiger partial charge in [-0.05, 0) is 26.8 Å². The molecule has 0 atom stereocenters. The number of carbonyl (C=O) groups is 2. The largest absolute Gasteiger partial charge is 0.478 e. The molecule has 0 unspecified atom stereocenters. The fourth-order valence-corrected chi connectivity index (χ4v) is 1.76. The van der Waals surface area contributed by atoms with Crippen LogP contribution in [-0.2, 0) is 0 Å². The molecule has 0 saturated heterocycles. The minimum atomic E-state index is -1.45. The maximum absolute atomic E-state index is 13.2. The zero-order valence-corrected chi connectivity index (χ0v) is 11.4. The summed E-state index contributed by atoms with van der Waals surface area (Å²) in [5, 5.41) is 11.2. The number of aromatic carboxylic acids is 1. The highest BCUT2D eigenvalue weighted by atomic mass is 19.2. The van der Waals surface area contributed by atoms with Crippen LogP contribution >= 0.6 is 0 Å². The van der Waals surface area contributed by atoms with Gasteiger partial charge in [-0.2, -0.15) is 0 Å². The number of carboxylic acid groups (broad SMARTS) is 1. The highest BCUT2D eigenvalue weighted by Crippen LogP contribution is 2.21. The van der Waals surface area contributed by atoms with Crippen LogP contribution in [-0.4, -0.2) is 34.6 Å². The summed E-state index contributed by atoms with van der Waals surface area (Å²) < 4.78 is 26.2. The zero-order valence-electron chi connectivity index (χ0n) is 11.4. The fourth-order valence-electron chi connectivity index (χ4n) is 1.76. The average molecular weight is 286 g/mol. The summed E-state index contributed by atoms with van der Waals surface area (Å²) in [7, 11) is 0. The molecule has 2 amide bonds. The van der Waals surface area contributed by atoms with Crippen LogP contribution < -0.4 is 5.32 Å². The number of carboxylic acids is 1. The quantitative estimate of drug-likeness (QED) is 0.894. The predicted octanol–water partition coefficient (Wildman–Crippen LogP) is 2.93. The van der Waals surface area contributed by atoms with Crippen molar-refractivity contribution in [2.45, 2.75) is 26.8 Å². The van der Waals surface area contributed by atoms with Gasteiger partial charge in [0, 0.05) is 18.7 Å². The summed E-state index contributed by atoms with van der Waals surface area (Å²) in [6.45, 7) is 5.72. The molecule has 0 aromatic heterocycles. The highest BCUT2D eigenvalue weighted by molar-refractivity contribution is 6.00. The number of rotatable bonds is 4. The van der Waals surface area contributed by atoms with Gasteiger partial charge in [0.05, 0.1) is 11.3 Å². The Kier molecular flexibility index (Phi) is 5.01. The lowest BCUT2D eigenvalue weighted by Gasteiger charge is -2.25.